The van der Waals surface area contributed by atoms with Gasteiger partial charge >= 0.3 is 0 Å². The lowest BCUT2D eigenvalue weighted by molar-refractivity contribution is 0.319. The predicted octanol–water partition coefficient (Wildman–Crippen LogP) is 2.30. The van der Waals surface area contributed by atoms with Gasteiger partial charge in [-0.15, -0.1) is 11.3 Å². The highest BCUT2D eigenvalue weighted by Crippen LogP contribution is 2.27. The fourth-order valence-electron chi connectivity index (χ4n) is 1.84. The van der Waals surface area contributed by atoms with Crippen LogP contribution in [0.4, 0.5) is 0 Å². The van der Waals surface area contributed by atoms with Crippen LogP contribution in [0.3, 0.4) is 0 Å². The van der Waals surface area contributed by atoms with Crippen molar-refractivity contribution in [2.75, 3.05) is 13.1 Å². The van der Waals surface area contributed by atoms with E-state index in [0.717, 1.165) is 11.3 Å². The van der Waals surface area contributed by atoms with Crippen molar-refractivity contribution in [3.8, 4) is 0 Å². The van der Waals surface area contributed by atoms with Crippen LogP contribution in [0.25, 0.3) is 0 Å². The van der Waals surface area contributed by atoms with Gasteiger partial charge < -0.3 is 5.73 Å². The van der Waals surface area contributed by atoms with E-state index in [1.54, 1.807) is 10.4 Å². The summed E-state index contributed by atoms with van der Waals surface area (Å²) in [6.45, 7) is 8.96. The molecule has 0 bridgehead atoms. The predicted molar refractivity (Wildman–Crippen MR) is 80.9 cm³/mol. The van der Waals surface area contributed by atoms with E-state index in [2.05, 4.69) is 0 Å². The zero-order valence-electron chi connectivity index (χ0n) is 12.1. The Hall–Kier alpha value is -0.430. The summed E-state index contributed by atoms with van der Waals surface area (Å²) in [4.78, 5) is 1.02. The second-order valence-corrected chi connectivity index (χ2v) is 8.61. The van der Waals surface area contributed by atoms with Gasteiger partial charge in [-0.05, 0) is 44.9 Å². The fraction of sp³-hybridized carbons (Fsp3) is 0.692. The fourth-order valence-corrected chi connectivity index (χ4v) is 5.14. The Morgan fingerprint density at radius 3 is 2.37 bits per heavy atom. The Balaban J connectivity index is 3.04. The Morgan fingerprint density at radius 1 is 1.26 bits per heavy atom. The van der Waals surface area contributed by atoms with Gasteiger partial charge in [0, 0.05) is 17.5 Å². The van der Waals surface area contributed by atoms with E-state index < -0.39 is 10.0 Å². The Kier molecular flexibility index (Phi) is 5.98. The van der Waals surface area contributed by atoms with Gasteiger partial charge in [0.25, 0.3) is 10.0 Å². The van der Waals surface area contributed by atoms with Gasteiger partial charge in [-0.1, -0.05) is 13.8 Å². The van der Waals surface area contributed by atoms with Gasteiger partial charge in [0.2, 0.25) is 0 Å². The van der Waals surface area contributed by atoms with Crippen LogP contribution in [0.5, 0.6) is 0 Å². The van der Waals surface area contributed by atoms with Crippen molar-refractivity contribution in [3.63, 3.8) is 0 Å². The third-order valence-corrected chi connectivity index (χ3v) is 6.37. The van der Waals surface area contributed by atoms with Crippen molar-refractivity contribution < 1.29 is 8.42 Å². The molecule has 0 saturated heterocycles. The first-order chi connectivity index (χ1) is 8.78. The third-order valence-electron chi connectivity index (χ3n) is 2.71. The number of thiophene rings is 1. The largest absolute Gasteiger partial charge is 0.330 e. The summed E-state index contributed by atoms with van der Waals surface area (Å²) in [6.07, 6.45) is 0.728. The maximum Gasteiger partial charge on any atom is 0.252 e. The molecular weight excluding hydrogens is 280 g/mol. The van der Waals surface area contributed by atoms with E-state index in [-0.39, 0.29) is 6.04 Å². The number of nitrogens with two attached hydrogens (primary N) is 1. The zero-order chi connectivity index (χ0) is 14.6. The Bertz CT molecular complexity index is 492. The molecule has 1 heterocycles. The normalized spacial score (nSPS) is 12.8. The minimum Gasteiger partial charge on any atom is -0.330 e. The van der Waals surface area contributed by atoms with Crippen molar-refractivity contribution in [2.24, 2.45) is 11.7 Å². The second kappa shape index (κ2) is 6.83. The van der Waals surface area contributed by atoms with E-state index in [1.807, 2.05) is 33.8 Å². The van der Waals surface area contributed by atoms with Crippen LogP contribution in [-0.4, -0.2) is 31.9 Å². The van der Waals surface area contributed by atoms with Crippen LogP contribution in [-0.2, 0) is 16.4 Å². The van der Waals surface area contributed by atoms with Gasteiger partial charge in [-0.25, -0.2) is 8.42 Å². The molecule has 1 rings (SSSR count). The van der Waals surface area contributed by atoms with E-state index in [0.29, 0.717) is 23.2 Å². The summed E-state index contributed by atoms with van der Waals surface area (Å²) in [5.41, 5.74) is 5.50. The molecule has 19 heavy (non-hydrogen) atoms. The van der Waals surface area contributed by atoms with Crippen LogP contribution in [0.2, 0.25) is 0 Å². The van der Waals surface area contributed by atoms with Gasteiger partial charge in [-0.2, -0.15) is 4.31 Å². The molecule has 1 aromatic heterocycles. The highest BCUT2D eigenvalue weighted by Gasteiger charge is 2.28. The van der Waals surface area contributed by atoms with Gasteiger partial charge in [0.05, 0.1) is 0 Å². The first-order valence-corrected chi connectivity index (χ1v) is 8.85. The summed E-state index contributed by atoms with van der Waals surface area (Å²) < 4.78 is 27.3. The van der Waals surface area contributed by atoms with Crippen molar-refractivity contribution in [1.82, 2.24) is 4.31 Å². The van der Waals surface area contributed by atoms with Crippen LogP contribution in [0.15, 0.2) is 16.3 Å². The number of hydrogen-bond acceptors (Lipinski definition) is 4. The van der Waals surface area contributed by atoms with Crippen LogP contribution < -0.4 is 5.73 Å². The summed E-state index contributed by atoms with van der Waals surface area (Å²) in [5.74, 6) is 0.306. The summed E-state index contributed by atoms with van der Waals surface area (Å²) in [7, 11) is -3.38. The zero-order valence-corrected chi connectivity index (χ0v) is 13.7. The molecule has 0 radical (unpaired) electrons. The third kappa shape index (κ3) is 4.27. The molecule has 6 heteroatoms. The van der Waals surface area contributed by atoms with Crippen molar-refractivity contribution in [2.45, 2.75) is 44.4 Å². The van der Waals surface area contributed by atoms with Crippen molar-refractivity contribution in [1.29, 1.82) is 0 Å². The van der Waals surface area contributed by atoms with Gasteiger partial charge in [0.1, 0.15) is 4.21 Å². The minimum atomic E-state index is -3.38. The van der Waals surface area contributed by atoms with Crippen LogP contribution >= 0.6 is 11.3 Å². The molecule has 0 fully saturated rings. The molecule has 0 atom stereocenters. The number of sulfonamides is 1. The number of nitrogens with zero attached hydrogens (tertiary/aromatic N) is 1. The molecule has 0 unspecified atom stereocenters. The topological polar surface area (TPSA) is 63.4 Å². The Labute approximate surface area is 120 Å². The van der Waals surface area contributed by atoms with Gasteiger partial charge in [-0.3, -0.25) is 0 Å². The van der Waals surface area contributed by atoms with E-state index >= 15 is 0 Å². The molecule has 0 aliphatic rings. The van der Waals surface area contributed by atoms with Crippen LogP contribution in [0, 0.1) is 5.92 Å². The van der Waals surface area contributed by atoms with Gasteiger partial charge in [0.15, 0.2) is 0 Å². The molecule has 0 saturated carbocycles. The number of hydrogen-bond donors (Lipinski definition) is 1. The second-order valence-electron chi connectivity index (χ2n) is 5.32. The standard InChI is InChI=1S/C13H24N2O2S2/c1-10(2)9-15(11(3)4)19(16,17)13-6-5-12(18-13)7-8-14/h5-6,10-11H,7-9,14H2,1-4H3. The highest BCUT2D eigenvalue weighted by molar-refractivity contribution is 7.91. The summed E-state index contributed by atoms with van der Waals surface area (Å²) in [5, 5.41) is 0. The minimum absolute atomic E-state index is 0.0348. The molecule has 0 aromatic carbocycles. The van der Waals surface area contributed by atoms with E-state index in [4.69, 9.17) is 5.73 Å². The first kappa shape index (κ1) is 16.6. The first-order valence-electron chi connectivity index (χ1n) is 6.59. The Morgan fingerprint density at radius 2 is 1.89 bits per heavy atom. The monoisotopic (exact) mass is 304 g/mol. The lowest BCUT2D eigenvalue weighted by atomic mass is 10.2. The smallest absolute Gasteiger partial charge is 0.252 e. The molecule has 2 N–H and O–H groups in total. The SMILES string of the molecule is CC(C)CN(C(C)C)S(=O)(=O)c1ccc(CCN)s1. The summed E-state index contributed by atoms with van der Waals surface area (Å²) >= 11 is 1.33. The molecular formula is C13H24N2O2S2. The molecule has 110 valence electrons. The lowest BCUT2D eigenvalue weighted by Gasteiger charge is -2.26. The molecule has 1 aromatic rings. The average Bonchev–Trinajstić information content (AvgIpc) is 2.75. The van der Waals surface area contributed by atoms with Crippen LogP contribution in [0.1, 0.15) is 32.6 Å². The quantitative estimate of drug-likeness (QED) is 0.840. The molecule has 0 aliphatic heterocycles. The van der Waals surface area contributed by atoms with Crippen molar-refractivity contribution >= 4 is 21.4 Å². The maximum atomic E-state index is 12.6. The lowest BCUT2D eigenvalue weighted by Crippen LogP contribution is -2.39. The summed E-state index contributed by atoms with van der Waals surface area (Å²) in [6, 6.07) is 3.52. The van der Waals surface area contributed by atoms with E-state index in [1.165, 1.54) is 11.3 Å². The molecule has 0 amide bonds. The average molecular weight is 304 g/mol. The molecule has 0 spiro atoms. The maximum absolute atomic E-state index is 12.6. The van der Waals surface area contributed by atoms with E-state index in [9.17, 15) is 8.42 Å². The highest BCUT2D eigenvalue weighted by atomic mass is 32.2. The van der Waals surface area contributed by atoms with Crippen molar-refractivity contribution in [3.05, 3.63) is 17.0 Å². The molecule has 4 nitrogen and oxygen atoms in total. The molecule has 0 aliphatic carbocycles. The number of rotatable bonds is 7.